The normalized spacial score (nSPS) is 26.1. The van der Waals surface area contributed by atoms with E-state index in [0.29, 0.717) is 29.5 Å². The molecule has 1 aromatic carbocycles. The highest BCUT2D eigenvalue weighted by atomic mass is 16.5. The van der Waals surface area contributed by atoms with Crippen LogP contribution in [-0.4, -0.2) is 67.5 Å². The van der Waals surface area contributed by atoms with Crippen molar-refractivity contribution in [1.82, 2.24) is 29.0 Å². The summed E-state index contributed by atoms with van der Waals surface area (Å²) in [4.78, 5) is 23.6. The average Bonchev–Trinajstić information content (AvgIpc) is 3.60. The van der Waals surface area contributed by atoms with E-state index in [4.69, 9.17) is 9.47 Å². The fourth-order valence-corrected chi connectivity index (χ4v) is 7.34. The first-order valence-electron chi connectivity index (χ1n) is 14.0. The molecule has 0 radical (unpaired) electrons. The summed E-state index contributed by atoms with van der Waals surface area (Å²) >= 11 is 0. The molecule has 5 heterocycles. The van der Waals surface area contributed by atoms with E-state index >= 15 is 0 Å². The molecule has 3 aliphatic rings. The predicted octanol–water partition coefficient (Wildman–Crippen LogP) is 4.52. The van der Waals surface area contributed by atoms with Gasteiger partial charge < -0.3 is 14.5 Å². The van der Waals surface area contributed by atoms with Gasteiger partial charge >= 0.3 is 5.69 Å². The molecule has 9 heteroatoms. The summed E-state index contributed by atoms with van der Waals surface area (Å²) in [5.41, 5.74) is 5.81. The average molecular weight is 517 g/mol. The van der Waals surface area contributed by atoms with Crippen molar-refractivity contribution < 1.29 is 9.47 Å². The molecule has 1 N–H and O–H groups in total. The van der Waals surface area contributed by atoms with E-state index in [1.807, 2.05) is 16.8 Å². The summed E-state index contributed by atoms with van der Waals surface area (Å²) in [7, 11) is 1.65. The molecule has 2 saturated heterocycles. The van der Waals surface area contributed by atoms with Crippen molar-refractivity contribution in [2.75, 3.05) is 20.3 Å². The van der Waals surface area contributed by atoms with Crippen LogP contribution in [0.3, 0.4) is 0 Å². The minimum Gasteiger partial charge on any atom is -0.493 e. The van der Waals surface area contributed by atoms with Crippen LogP contribution in [0.25, 0.3) is 27.8 Å². The monoisotopic (exact) mass is 516 g/mol. The molecule has 0 spiro atoms. The first kappa shape index (κ1) is 23.9. The zero-order valence-corrected chi connectivity index (χ0v) is 22.4. The molecular weight excluding hydrogens is 480 g/mol. The van der Waals surface area contributed by atoms with Gasteiger partial charge in [-0.15, -0.1) is 0 Å². The van der Waals surface area contributed by atoms with Gasteiger partial charge in [0, 0.05) is 35.9 Å². The zero-order chi connectivity index (χ0) is 26.0. The van der Waals surface area contributed by atoms with Gasteiger partial charge in [0.2, 0.25) is 0 Å². The van der Waals surface area contributed by atoms with Crippen LogP contribution in [0, 0.1) is 0 Å². The Bertz CT molecular complexity index is 1530. The first-order chi connectivity index (χ1) is 18.5. The Balaban J connectivity index is 1.23. The third kappa shape index (κ3) is 3.78. The largest absolute Gasteiger partial charge is 0.493 e. The highest BCUT2D eigenvalue weighted by molar-refractivity contribution is 5.85. The maximum atomic E-state index is 13.3. The Morgan fingerprint density at radius 3 is 2.42 bits per heavy atom. The Kier molecular flexibility index (Phi) is 5.81. The van der Waals surface area contributed by atoms with E-state index in [9.17, 15) is 4.79 Å². The molecule has 38 heavy (non-hydrogen) atoms. The minimum atomic E-state index is -0.00828. The topological polar surface area (TPSA) is 89.7 Å². The van der Waals surface area contributed by atoms with Crippen molar-refractivity contribution in [3.63, 3.8) is 0 Å². The second-order valence-corrected chi connectivity index (χ2v) is 11.6. The number of imidazole rings is 1. The molecule has 3 aromatic heterocycles. The van der Waals surface area contributed by atoms with E-state index in [2.05, 4.69) is 45.9 Å². The van der Waals surface area contributed by atoms with Crippen molar-refractivity contribution in [2.24, 2.45) is 0 Å². The number of nitrogens with zero attached hydrogens (tertiary/aromatic N) is 5. The lowest BCUT2D eigenvalue weighted by Gasteiger charge is -2.43. The Morgan fingerprint density at radius 2 is 1.71 bits per heavy atom. The molecule has 200 valence electrons. The second-order valence-electron chi connectivity index (χ2n) is 11.6. The summed E-state index contributed by atoms with van der Waals surface area (Å²) in [6, 6.07) is 8.38. The van der Waals surface area contributed by atoms with Gasteiger partial charge in [-0.25, -0.2) is 14.3 Å². The van der Waals surface area contributed by atoms with Crippen LogP contribution in [0.4, 0.5) is 0 Å². The molecule has 9 nitrogen and oxygen atoms in total. The fraction of sp³-hybridized carbons (Fsp3) is 0.552. The Labute approximate surface area is 221 Å². The standard InChI is InChI=1S/C29H36N6O3/c1-17(2)23-12-26-25(11-24(23)18-10-27(37-3)28-30-16-31-33(28)13-18)32-29(36)35(26)20-6-4-19(5-7-20)34-21-8-9-22(34)15-38-14-21/h10-13,16-17,19-22H,4-9,14-15H2,1-3H3,(H,32,36). The molecule has 2 unspecified atom stereocenters. The van der Waals surface area contributed by atoms with Crippen molar-refractivity contribution >= 4 is 16.7 Å². The lowest BCUT2D eigenvalue weighted by atomic mass is 9.88. The van der Waals surface area contributed by atoms with Gasteiger partial charge in [-0.2, -0.15) is 5.10 Å². The van der Waals surface area contributed by atoms with Gasteiger partial charge in [0.05, 0.1) is 31.4 Å². The molecule has 4 aromatic rings. The number of hydrogen-bond donors (Lipinski definition) is 1. The number of fused-ring (bicyclic) bond motifs is 4. The number of morpholine rings is 1. The molecular formula is C29H36N6O3. The summed E-state index contributed by atoms with van der Waals surface area (Å²) in [6.45, 7) is 6.17. The maximum absolute atomic E-state index is 13.3. The maximum Gasteiger partial charge on any atom is 0.326 e. The van der Waals surface area contributed by atoms with E-state index in [1.165, 1.54) is 24.7 Å². The number of benzene rings is 1. The number of ether oxygens (including phenoxy) is 2. The van der Waals surface area contributed by atoms with Crippen molar-refractivity contribution in [2.45, 2.75) is 82.5 Å². The van der Waals surface area contributed by atoms with Crippen molar-refractivity contribution in [3.8, 4) is 16.9 Å². The lowest BCUT2D eigenvalue weighted by molar-refractivity contribution is -0.0455. The Morgan fingerprint density at radius 1 is 1.00 bits per heavy atom. The number of methoxy groups -OCH3 is 1. The van der Waals surface area contributed by atoms with Crippen molar-refractivity contribution in [1.29, 1.82) is 0 Å². The van der Waals surface area contributed by atoms with Crippen LogP contribution in [0.1, 0.15) is 69.9 Å². The van der Waals surface area contributed by atoms with Crippen LogP contribution in [0.2, 0.25) is 0 Å². The van der Waals surface area contributed by atoms with Gasteiger partial charge in [-0.05, 0) is 73.8 Å². The molecule has 2 aliphatic heterocycles. The number of hydrogen-bond acceptors (Lipinski definition) is 6. The zero-order valence-electron chi connectivity index (χ0n) is 22.4. The molecule has 1 aliphatic carbocycles. The molecule has 7 rings (SSSR count). The number of aromatic amines is 1. The van der Waals surface area contributed by atoms with Crippen molar-refractivity contribution in [3.05, 3.63) is 46.8 Å². The van der Waals surface area contributed by atoms with E-state index in [0.717, 1.165) is 61.1 Å². The minimum absolute atomic E-state index is 0.00828. The SMILES string of the molecule is COc1cc(-c2cc3[nH]c(=O)n(C4CCC(N5C6CCC5COC6)CC4)c3cc2C(C)C)cn2ncnc12. The molecule has 1 saturated carbocycles. The molecule has 0 amide bonds. The summed E-state index contributed by atoms with van der Waals surface area (Å²) in [5, 5.41) is 4.34. The highest BCUT2D eigenvalue weighted by Gasteiger charge is 2.42. The van der Waals surface area contributed by atoms with Crippen LogP contribution in [0.15, 0.2) is 35.5 Å². The van der Waals surface area contributed by atoms with Gasteiger partial charge in [-0.3, -0.25) is 9.47 Å². The summed E-state index contributed by atoms with van der Waals surface area (Å²) in [6.07, 6.45) is 10.4. The van der Waals surface area contributed by atoms with Gasteiger partial charge in [0.25, 0.3) is 0 Å². The quantitative estimate of drug-likeness (QED) is 0.420. The molecule has 3 fully saturated rings. The number of rotatable bonds is 5. The van der Waals surface area contributed by atoms with Crippen LogP contribution >= 0.6 is 0 Å². The molecule has 2 bridgehead atoms. The predicted molar refractivity (Wildman–Crippen MR) is 146 cm³/mol. The summed E-state index contributed by atoms with van der Waals surface area (Å²) in [5.74, 6) is 0.948. The van der Waals surface area contributed by atoms with Crippen LogP contribution < -0.4 is 10.4 Å². The Hall–Kier alpha value is -3.17. The van der Waals surface area contributed by atoms with E-state index in [-0.39, 0.29) is 17.6 Å². The number of pyridine rings is 1. The smallest absolute Gasteiger partial charge is 0.326 e. The van der Waals surface area contributed by atoms with Gasteiger partial charge in [0.1, 0.15) is 6.33 Å². The van der Waals surface area contributed by atoms with E-state index < -0.39 is 0 Å². The third-order valence-electron chi connectivity index (χ3n) is 9.13. The van der Waals surface area contributed by atoms with Crippen LogP contribution in [0.5, 0.6) is 5.75 Å². The number of H-pyrrole nitrogens is 1. The van der Waals surface area contributed by atoms with Crippen LogP contribution in [-0.2, 0) is 4.74 Å². The van der Waals surface area contributed by atoms with Gasteiger partial charge in [-0.1, -0.05) is 13.8 Å². The molecule has 2 atom stereocenters. The number of aromatic nitrogens is 5. The lowest BCUT2D eigenvalue weighted by Crippen LogP contribution is -2.52. The highest BCUT2D eigenvalue weighted by Crippen LogP contribution is 2.40. The third-order valence-corrected chi connectivity index (χ3v) is 9.13. The summed E-state index contributed by atoms with van der Waals surface area (Å²) < 4.78 is 15.2. The van der Waals surface area contributed by atoms with Gasteiger partial charge in [0.15, 0.2) is 11.4 Å². The fourth-order valence-electron chi connectivity index (χ4n) is 7.34. The second kappa shape index (κ2) is 9.24. The van der Waals surface area contributed by atoms with E-state index in [1.54, 1.807) is 11.6 Å². The number of nitrogens with one attached hydrogen (secondary N) is 1. The first-order valence-corrected chi connectivity index (χ1v) is 14.0.